The van der Waals surface area contributed by atoms with E-state index in [1.165, 1.54) is 24.9 Å². The van der Waals surface area contributed by atoms with Gasteiger partial charge < -0.3 is 4.90 Å². The number of hydrogen-bond donors (Lipinski definition) is 0. The molecule has 0 saturated carbocycles. The van der Waals surface area contributed by atoms with E-state index >= 15 is 0 Å². The first-order chi connectivity index (χ1) is 9.61. The molecule has 0 unspecified atom stereocenters. The predicted octanol–water partition coefficient (Wildman–Crippen LogP) is 4.01. The van der Waals surface area contributed by atoms with Crippen molar-refractivity contribution in [3.63, 3.8) is 0 Å². The summed E-state index contributed by atoms with van der Waals surface area (Å²) in [6.45, 7) is 7.32. The standard InChI is InChI=1S/C16H24ClN3/c1-4-19(3)16-9-8-14(17)12-15(16)13(2)18-20-10-6-5-7-11-20/h8-9,12H,4-7,10-11H2,1-3H3/b18-13+. The molecule has 2 rings (SSSR count). The van der Waals surface area contributed by atoms with Gasteiger partial charge in [-0.1, -0.05) is 11.6 Å². The van der Waals surface area contributed by atoms with Crippen LogP contribution in [0.25, 0.3) is 0 Å². The maximum atomic E-state index is 6.16. The van der Waals surface area contributed by atoms with Crippen LogP contribution in [0.2, 0.25) is 5.02 Å². The normalized spacial score (nSPS) is 16.4. The molecule has 4 heteroatoms. The van der Waals surface area contributed by atoms with Gasteiger partial charge in [-0.05, 0) is 51.3 Å². The first kappa shape index (κ1) is 15.2. The topological polar surface area (TPSA) is 18.8 Å². The zero-order valence-corrected chi connectivity index (χ0v) is 13.5. The smallest absolute Gasteiger partial charge is 0.0668 e. The van der Waals surface area contributed by atoms with Crippen molar-refractivity contribution in [3.8, 4) is 0 Å². The van der Waals surface area contributed by atoms with Crippen molar-refractivity contribution < 1.29 is 0 Å². The number of benzene rings is 1. The molecule has 0 aromatic heterocycles. The molecule has 110 valence electrons. The van der Waals surface area contributed by atoms with Crippen molar-refractivity contribution in [2.75, 3.05) is 31.6 Å². The fraction of sp³-hybridized carbons (Fsp3) is 0.562. The largest absolute Gasteiger partial charge is 0.374 e. The summed E-state index contributed by atoms with van der Waals surface area (Å²) in [6.07, 6.45) is 3.81. The highest BCUT2D eigenvalue weighted by Gasteiger charge is 2.12. The molecule has 0 atom stereocenters. The molecule has 1 saturated heterocycles. The number of hydrazone groups is 1. The monoisotopic (exact) mass is 293 g/mol. The van der Waals surface area contributed by atoms with Crippen molar-refractivity contribution in [1.29, 1.82) is 0 Å². The van der Waals surface area contributed by atoms with Crippen LogP contribution in [0.3, 0.4) is 0 Å². The second-order valence-corrected chi connectivity index (χ2v) is 5.81. The number of nitrogens with zero attached hydrogens (tertiary/aromatic N) is 3. The summed E-state index contributed by atoms with van der Waals surface area (Å²) >= 11 is 6.16. The van der Waals surface area contributed by atoms with Crippen LogP contribution in [0, 0.1) is 0 Å². The minimum Gasteiger partial charge on any atom is -0.374 e. The quantitative estimate of drug-likeness (QED) is 0.781. The number of hydrogen-bond acceptors (Lipinski definition) is 3. The Hall–Kier alpha value is -1.22. The Labute approximate surface area is 127 Å². The van der Waals surface area contributed by atoms with Crippen LogP contribution in [-0.4, -0.2) is 37.4 Å². The molecular formula is C16H24ClN3. The van der Waals surface area contributed by atoms with E-state index in [4.69, 9.17) is 16.7 Å². The highest BCUT2D eigenvalue weighted by Crippen LogP contribution is 2.25. The lowest BCUT2D eigenvalue weighted by molar-refractivity contribution is 0.239. The van der Waals surface area contributed by atoms with Crippen LogP contribution in [0.15, 0.2) is 23.3 Å². The van der Waals surface area contributed by atoms with E-state index in [1.54, 1.807) is 0 Å². The van der Waals surface area contributed by atoms with Crippen molar-refractivity contribution in [2.24, 2.45) is 5.10 Å². The van der Waals surface area contributed by atoms with E-state index < -0.39 is 0 Å². The Balaban J connectivity index is 2.29. The average Bonchev–Trinajstić information content (AvgIpc) is 2.47. The molecule has 1 heterocycles. The van der Waals surface area contributed by atoms with Crippen LogP contribution in [0.5, 0.6) is 0 Å². The first-order valence-electron chi connectivity index (χ1n) is 7.43. The summed E-state index contributed by atoms with van der Waals surface area (Å²) in [6, 6.07) is 6.04. The van der Waals surface area contributed by atoms with Gasteiger partial charge in [-0.15, -0.1) is 0 Å². The lowest BCUT2D eigenvalue weighted by Crippen LogP contribution is -2.26. The van der Waals surface area contributed by atoms with Gasteiger partial charge in [0.2, 0.25) is 0 Å². The molecule has 0 radical (unpaired) electrons. The Bertz CT molecular complexity index is 479. The minimum atomic E-state index is 0.765. The summed E-state index contributed by atoms with van der Waals surface area (Å²) in [5.74, 6) is 0. The van der Waals surface area contributed by atoms with Gasteiger partial charge in [-0.25, -0.2) is 0 Å². The van der Waals surface area contributed by atoms with E-state index in [0.29, 0.717) is 0 Å². The fourth-order valence-electron chi connectivity index (χ4n) is 2.54. The van der Waals surface area contributed by atoms with E-state index in [2.05, 4.69) is 36.9 Å². The van der Waals surface area contributed by atoms with Gasteiger partial charge in [0.05, 0.1) is 5.71 Å². The third-order valence-corrected chi connectivity index (χ3v) is 4.09. The molecule has 1 aromatic carbocycles. The van der Waals surface area contributed by atoms with Crippen molar-refractivity contribution in [3.05, 3.63) is 28.8 Å². The molecule has 0 amide bonds. The van der Waals surface area contributed by atoms with Gasteiger partial charge in [0.15, 0.2) is 0 Å². The number of anilines is 1. The molecule has 3 nitrogen and oxygen atoms in total. The molecule has 0 N–H and O–H groups in total. The highest BCUT2D eigenvalue weighted by molar-refractivity contribution is 6.31. The van der Waals surface area contributed by atoms with Gasteiger partial charge >= 0.3 is 0 Å². The first-order valence-corrected chi connectivity index (χ1v) is 7.81. The summed E-state index contributed by atoms with van der Waals surface area (Å²) in [4.78, 5) is 2.22. The van der Waals surface area contributed by atoms with Crippen LogP contribution in [0.4, 0.5) is 5.69 Å². The number of halogens is 1. The minimum absolute atomic E-state index is 0.765. The molecule has 0 bridgehead atoms. The van der Waals surface area contributed by atoms with Crippen LogP contribution >= 0.6 is 11.6 Å². The second-order valence-electron chi connectivity index (χ2n) is 5.38. The van der Waals surface area contributed by atoms with Gasteiger partial charge in [0.1, 0.15) is 0 Å². The molecular weight excluding hydrogens is 270 g/mol. The third kappa shape index (κ3) is 3.66. The Morgan fingerprint density at radius 2 is 2.00 bits per heavy atom. The van der Waals surface area contributed by atoms with Gasteiger partial charge in [0, 0.05) is 43.0 Å². The molecule has 20 heavy (non-hydrogen) atoms. The summed E-state index contributed by atoms with van der Waals surface area (Å²) in [5.41, 5.74) is 3.37. The average molecular weight is 294 g/mol. The predicted molar refractivity (Wildman–Crippen MR) is 88.0 cm³/mol. The van der Waals surface area contributed by atoms with E-state index in [0.717, 1.165) is 35.9 Å². The molecule has 1 fully saturated rings. The van der Waals surface area contributed by atoms with Gasteiger partial charge in [-0.2, -0.15) is 5.10 Å². The molecule has 0 aliphatic carbocycles. The van der Waals surface area contributed by atoms with Crippen molar-refractivity contribution in [1.82, 2.24) is 5.01 Å². The molecule has 1 aromatic rings. The molecule has 1 aliphatic heterocycles. The van der Waals surface area contributed by atoms with E-state index in [1.807, 2.05) is 12.1 Å². The molecule has 0 spiro atoms. The second kappa shape index (κ2) is 6.98. The van der Waals surface area contributed by atoms with Gasteiger partial charge in [0.25, 0.3) is 0 Å². The number of rotatable bonds is 4. The lowest BCUT2D eigenvalue weighted by atomic mass is 10.1. The van der Waals surface area contributed by atoms with Crippen LogP contribution in [-0.2, 0) is 0 Å². The van der Waals surface area contributed by atoms with E-state index in [9.17, 15) is 0 Å². The zero-order chi connectivity index (χ0) is 14.5. The van der Waals surface area contributed by atoms with Gasteiger partial charge in [-0.3, -0.25) is 5.01 Å². The Kier molecular flexibility index (Phi) is 5.30. The lowest BCUT2D eigenvalue weighted by Gasteiger charge is -2.26. The number of piperidine rings is 1. The van der Waals surface area contributed by atoms with Crippen molar-refractivity contribution >= 4 is 23.0 Å². The SMILES string of the molecule is CCN(C)c1ccc(Cl)cc1/C(C)=N/N1CCCCC1. The zero-order valence-electron chi connectivity index (χ0n) is 12.7. The summed E-state index contributed by atoms with van der Waals surface area (Å²) < 4.78 is 0. The maximum absolute atomic E-state index is 6.16. The summed E-state index contributed by atoms with van der Waals surface area (Å²) in [5, 5.41) is 7.74. The fourth-order valence-corrected chi connectivity index (χ4v) is 2.72. The van der Waals surface area contributed by atoms with Crippen LogP contribution in [0.1, 0.15) is 38.7 Å². The highest BCUT2D eigenvalue weighted by atomic mass is 35.5. The summed E-state index contributed by atoms with van der Waals surface area (Å²) in [7, 11) is 2.10. The maximum Gasteiger partial charge on any atom is 0.0668 e. The Morgan fingerprint density at radius 3 is 2.65 bits per heavy atom. The van der Waals surface area contributed by atoms with E-state index in [-0.39, 0.29) is 0 Å². The van der Waals surface area contributed by atoms with Crippen molar-refractivity contribution in [2.45, 2.75) is 33.1 Å². The van der Waals surface area contributed by atoms with Crippen LogP contribution < -0.4 is 4.90 Å². The molecule has 1 aliphatic rings. The third-order valence-electron chi connectivity index (χ3n) is 3.86. The Morgan fingerprint density at radius 1 is 1.30 bits per heavy atom.